The van der Waals surface area contributed by atoms with Crippen molar-refractivity contribution in [1.82, 2.24) is 10.2 Å². The largest absolute Gasteiger partial charge is 0.341 e. The van der Waals surface area contributed by atoms with Crippen LogP contribution in [0.25, 0.3) is 0 Å². The molecule has 0 saturated carbocycles. The standard InChI is InChI=1S/C12H24N2O/c1-9(2)12(15)14-7-5-6-11(8-14)13-10(3)4/h9-11,13H,5-8H2,1-4H3. The minimum atomic E-state index is 0.128. The first-order valence-electron chi connectivity index (χ1n) is 6.05. The molecule has 0 aromatic heterocycles. The molecule has 0 spiro atoms. The van der Waals surface area contributed by atoms with Crippen molar-refractivity contribution in [3.63, 3.8) is 0 Å². The summed E-state index contributed by atoms with van der Waals surface area (Å²) in [5.74, 6) is 0.424. The second-order valence-electron chi connectivity index (χ2n) is 5.10. The molecule has 0 radical (unpaired) electrons. The molecule has 1 heterocycles. The molecular formula is C12H24N2O. The minimum Gasteiger partial charge on any atom is -0.341 e. The average Bonchev–Trinajstić information content (AvgIpc) is 2.16. The van der Waals surface area contributed by atoms with Crippen LogP contribution in [-0.2, 0) is 4.79 Å². The van der Waals surface area contributed by atoms with Crippen LogP contribution in [0.2, 0.25) is 0 Å². The van der Waals surface area contributed by atoms with Crippen LogP contribution in [0.5, 0.6) is 0 Å². The van der Waals surface area contributed by atoms with Gasteiger partial charge in [0.2, 0.25) is 5.91 Å². The molecule has 1 fully saturated rings. The fourth-order valence-electron chi connectivity index (χ4n) is 2.15. The van der Waals surface area contributed by atoms with E-state index in [-0.39, 0.29) is 5.92 Å². The summed E-state index contributed by atoms with van der Waals surface area (Å²) in [5, 5.41) is 3.51. The topological polar surface area (TPSA) is 32.3 Å². The van der Waals surface area contributed by atoms with Crippen LogP contribution in [0, 0.1) is 5.92 Å². The van der Waals surface area contributed by atoms with E-state index < -0.39 is 0 Å². The van der Waals surface area contributed by atoms with Crippen LogP contribution in [0.3, 0.4) is 0 Å². The van der Waals surface area contributed by atoms with Gasteiger partial charge in [0.15, 0.2) is 0 Å². The van der Waals surface area contributed by atoms with E-state index in [4.69, 9.17) is 0 Å². The average molecular weight is 212 g/mol. The molecule has 0 aromatic rings. The number of amides is 1. The summed E-state index contributed by atoms with van der Waals surface area (Å²) >= 11 is 0. The van der Waals surface area contributed by atoms with Crippen LogP contribution in [0.1, 0.15) is 40.5 Å². The van der Waals surface area contributed by atoms with Crippen LogP contribution in [0.4, 0.5) is 0 Å². The quantitative estimate of drug-likeness (QED) is 0.771. The van der Waals surface area contributed by atoms with Gasteiger partial charge < -0.3 is 10.2 Å². The molecule has 3 heteroatoms. The zero-order chi connectivity index (χ0) is 11.4. The van der Waals surface area contributed by atoms with Crippen molar-refractivity contribution in [1.29, 1.82) is 0 Å². The van der Waals surface area contributed by atoms with Crippen molar-refractivity contribution in [2.45, 2.75) is 52.6 Å². The van der Waals surface area contributed by atoms with Crippen LogP contribution in [-0.4, -0.2) is 36.0 Å². The fraction of sp³-hybridized carbons (Fsp3) is 0.917. The first-order chi connectivity index (χ1) is 7.00. The van der Waals surface area contributed by atoms with E-state index in [0.717, 1.165) is 19.5 Å². The van der Waals surface area contributed by atoms with Gasteiger partial charge in [0.1, 0.15) is 0 Å². The zero-order valence-electron chi connectivity index (χ0n) is 10.4. The number of nitrogens with one attached hydrogen (secondary N) is 1. The molecule has 1 rings (SSSR count). The molecule has 88 valence electrons. The number of carbonyl (C=O) groups is 1. The van der Waals surface area contributed by atoms with Gasteiger partial charge in [0.25, 0.3) is 0 Å². The Morgan fingerprint density at radius 3 is 2.53 bits per heavy atom. The molecule has 1 aliphatic rings. The smallest absolute Gasteiger partial charge is 0.225 e. The fourth-order valence-corrected chi connectivity index (χ4v) is 2.15. The Kier molecular flexibility index (Phi) is 4.58. The Labute approximate surface area is 93.2 Å². The minimum absolute atomic E-state index is 0.128. The van der Waals surface area contributed by atoms with Gasteiger partial charge in [0, 0.05) is 31.1 Å². The van der Waals surface area contributed by atoms with Crippen LogP contribution < -0.4 is 5.32 Å². The van der Waals surface area contributed by atoms with Gasteiger partial charge >= 0.3 is 0 Å². The molecule has 1 saturated heterocycles. The van der Waals surface area contributed by atoms with Crippen molar-refractivity contribution in [3.05, 3.63) is 0 Å². The normalized spacial score (nSPS) is 22.5. The third-order valence-electron chi connectivity index (χ3n) is 2.80. The van der Waals surface area contributed by atoms with Gasteiger partial charge in [0.05, 0.1) is 0 Å². The number of hydrogen-bond acceptors (Lipinski definition) is 2. The summed E-state index contributed by atoms with van der Waals surface area (Å²) in [6.07, 6.45) is 2.32. The molecule has 1 atom stereocenters. The predicted molar refractivity (Wildman–Crippen MR) is 62.7 cm³/mol. The van der Waals surface area contributed by atoms with Gasteiger partial charge in [-0.05, 0) is 12.8 Å². The van der Waals surface area contributed by atoms with Crippen molar-refractivity contribution >= 4 is 5.91 Å². The van der Waals surface area contributed by atoms with E-state index >= 15 is 0 Å². The second kappa shape index (κ2) is 5.50. The first-order valence-corrected chi connectivity index (χ1v) is 6.05. The highest BCUT2D eigenvalue weighted by atomic mass is 16.2. The van der Waals surface area contributed by atoms with Crippen molar-refractivity contribution in [2.24, 2.45) is 5.92 Å². The molecule has 0 aromatic carbocycles. The van der Waals surface area contributed by atoms with Gasteiger partial charge in [-0.3, -0.25) is 4.79 Å². The highest BCUT2D eigenvalue weighted by Gasteiger charge is 2.24. The Balaban J connectivity index is 2.45. The maximum atomic E-state index is 11.8. The van der Waals surface area contributed by atoms with Gasteiger partial charge in [-0.15, -0.1) is 0 Å². The Morgan fingerprint density at radius 2 is 2.00 bits per heavy atom. The lowest BCUT2D eigenvalue weighted by atomic mass is 10.0. The Bertz CT molecular complexity index is 214. The third-order valence-corrected chi connectivity index (χ3v) is 2.80. The SMILES string of the molecule is CC(C)NC1CCCN(C(=O)C(C)C)C1. The number of rotatable bonds is 3. The number of nitrogens with zero attached hydrogens (tertiary/aromatic N) is 1. The van der Waals surface area contributed by atoms with Crippen molar-refractivity contribution in [3.8, 4) is 0 Å². The Hall–Kier alpha value is -0.570. The molecule has 3 nitrogen and oxygen atoms in total. The lowest BCUT2D eigenvalue weighted by molar-refractivity contribution is -0.135. The van der Waals surface area contributed by atoms with E-state index in [1.54, 1.807) is 0 Å². The molecule has 1 amide bonds. The highest BCUT2D eigenvalue weighted by Crippen LogP contribution is 2.13. The number of carbonyl (C=O) groups excluding carboxylic acids is 1. The monoisotopic (exact) mass is 212 g/mol. The molecule has 0 aliphatic carbocycles. The lowest BCUT2D eigenvalue weighted by Gasteiger charge is -2.35. The van der Waals surface area contributed by atoms with E-state index in [9.17, 15) is 4.79 Å². The van der Waals surface area contributed by atoms with Crippen LogP contribution in [0.15, 0.2) is 0 Å². The maximum absolute atomic E-state index is 11.8. The molecular weight excluding hydrogens is 188 g/mol. The van der Waals surface area contributed by atoms with Gasteiger partial charge in [-0.2, -0.15) is 0 Å². The van der Waals surface area contributed by atoms with Crippen molar-refractivity contribution in [2.75, 3.05) is 13.1 Å². The number of likely N-dealkylation sites (tertiary alicyclic amines) is 1. The number of hydrogen-bond donors (Lipinski definition) is 1. The number of piperidine rings is 1. The zero-order valence-corrected chi connectivity index (χ0v) is 10.4. The molecule has 1 aliphatic heterocycles. The summed E-state index contributed by atoms with van der Waals surface area (Å²) in [7, 11) is 0. The molecule has 1 N–H and O–H groups in total. The summed E-state index contributed by atoms with van der Waals surface area (Å²) in [6, 6.07) is 0.991. The first kappa shape index (κ1) is 12.5. The lowest BCUT2D eigenvalue weighted by Crippen LogP contribution is -2.50. The Morgan fingerprint density at radius 1 is 1.33 bits per heavy atom. The predicted octanol–water partition coefficient (Wildman–Crippen LogP) is 1.63. The summed E-state index contributed by atoms with van der Waals surface area (Å²) in [4.78, 5) is 13.8. The third kappa shape index (κ3) is 3.82. The van der Waals surface area contributed by atoms with Gasteiger partial charge in [-0.25, -0.2) is 0 Å². The molecule has 15 heavy (non-hydrogen) atoms. The second-order valence-corrected chi connectivity index (χ2v) is 5.10. The maximum Gasteiger partial charge on any atom is 0.225 e. The van der Waals surface area contributed by atoms with Gasteiger partial charge in [-0.1, -0.05) is 27.7 Å². The highest BCUT2D eigenvalue weighted by molar-refractivity contribution is 5.78. The summed E-state index contributed by atoms with van der Waals surface area (Å²) < 4.78 is 0. The van der Waals surface area contributed by atoms with Crippen molar-refractivity contribution < 1.29 is 4.79 Å². The van der Waals surface area contributed by atoms with Crippen LogP contribution >= 0.6 is 0 Å². The van der Waals surface area contributed by atoms with E-state index in [1.165, 1.54) is 6.42 Å². The van der Waals surface area contributed by atoms with E-state index in [2.05, 4.69) is 19.2 Å². The molecule has 0 bridgehead atoms. The molecule has 1 unspecified atom stereocenters. The van der Waals surface area contributed by atoms with E-state index in [0.29, 0.717) is 18.0 Å². The summed E-state index contributed by atoms with van der Waals surface area (Å²) in [6.45, 7) is 10.1. The van der Waals surface area contributed by atoms with E-state index in [1.807, 2.05) is 18.7 Å². The summed E-state index contributed by atoms with van der Waals surface area (Å²) in [5.41, 5.74) is 0.